The highest BCUT2D eigenvalue weighted by atomic mass is 15.2. The van der Waals surface area contributed by atoms with Crippen molar-refractivity contribution < 1.29 is 0 Å². The second kappa shape index (κ2) is 16.8. The van der Waals surface area contributed by atoms with Crippen molar-refractivity contribution in [1.29, 1.82) is 0 Å². The molecule has 15 aromatic rings. The normalized spacial score (nSPS) is 11.8. The maximum Gasteiger partial charge on any atom is 0.238 e. The van der Waals surface area contributed by atoms with Crippen LogP contribution in [0.3, 0.4) is 0 Å². The number of rotatable bonds is 7. The van der Waals surface area contributed by atoms with Crippen LogP contribution in [0.25, 0.3) is 144 Å². The predicted octanol–water partition coefficient (Wildman–Crippen LogP) is 17.9. The summed E-state index contributed by atoms with van der Waals surface area (Å²) in [5.41, 5.74) is 14.2. The van der Waals surface area contributed by atoms with Crippen LogP contribution >= 0.6 is 0 Å². The summed E-state index contributed by atoms with van der Waals surface area (Å²) in [5, 5.41) is 12.2. The molecule has 0 aliphatic heterocycles. The van der Waals surface area contributed by atoms with Crippen LogP contribution in [0.15, 0.2) is 261 Å². The Balaban J connectivity index is 0.913. The van der Waals surface area contributed by atoms with E-state index in [1.807, 2.05) is 18.2 Å². The molecule has 12 aromatic carbocycles. The first-order valence-corrected chi connectivity index (χ1v) is 25.2. The van der Waals surface area contributed by atoms with E-state index in [2.05, 4.69) is 252 Å². The van der Waals surface area contributed by atoms with Gasteiger partial charge in [0.15, 0.2) is 11.6 Å². The highest BCUT2D eigenvalue weighted by Crippen LogP contribution is 2.43. The summed E-state index contributed by atoms with van der Waals surface area (Å²) in [6.45, 7) is 0. The van der Waals surface area contributed by atoms with Crippen molar-refractivity contribution in [2.45, 2.75) is 0 Å². The van der Waals surface area contributed by atoms with Crippen molar-refractivity contribution in [3.63, 3.8) is 0 Å². The summed E-state index contributed by atoms with van der Waals surface area (Å²) in [5.74, 6) is 1.77. The maximum atomic E-state index is 5.42. The molecule has 74 heavy (non-hydrogen) atoms. The minimum absolute atomic E-state index is 0.558. The molecule has 0 aliphatic carbocycles. The van der Waals surface area contributed by atoms with Crippen LogP contribution < -0.4 is 0 Å². The van der Waals surface area contributed by atoms with Gasteiger partial charge in [-0.25, -0.2) is 4.98 Å². The van der Waals surface area contributed by atoms with Gasteiger partial charge in [0.05, 0.1) is 22.1 Å². The SMILES string of the molecule is c1ccc(-c2cccc(-c3ccc(-c4nc(-c5ccccc5)nc(-n5c6ccccc6c6ccc7c(c8ccccc8n7-c7cccc(-c8ccc9c%10ccccc%10c%10ccccc%10c9c8)c7)c65)n4)cc3)c2)cc1. The van der Waals surface area contributed by atoms with Gasteiger partial charge in [-0.1, -0.05) is 218 Å². The first-order chi connectivity index (χ1) is 36.7. The molecule has 0 aliphatic rings. The maximum absolute atomic E-state index is 5.42. The Morgan fingerprint density at radius 1 is 0.230 bits per heavy atom. The first-order valence-electron chi connectivity index (χ1n) is 25.2. The van der Waals surface area contributed by atoms with Gasteiger partial charge >= 0.3 is 0 Å². The Labute approximate surface area is 426 Å². The van der Waals surface area contributed by atoms with Crippen LogP contribution in [-0.2, 0) is 0 Å². The zero-order valence-electron chi connectivity index (χ0n) is 40.1. The molecule has 3 heterocycles. The Morgan fingerprint density at radius 2 is 0.662 bits per heavy atom. The molecule has 0 spiro atoms. The quantitative estimate of drug-likeness (QED) is 0.150. The Morgan fingerprint density at radius 3 is 1.32 bits per heavy atom. The van der Waals surface area contributed by atoms with E-state index in [1.54, 1.807) is 0 Å². The largest absolute Gasteiger partial charge is 0.309 e. The van der Waals surface area contributed by atoms with Crippen LogP contribution in [-0.4, -0.2) is 24.1 Å². The number of fused-ring (bicyclic) bond motifs is 13. The molecule has 0 bridgehead atoms. The highest BCUT2D eigenvalue weighted by Gasteiger charge is 2.24. The summed E-state index contributed by atoms with van der Waals surface area (Å²) < 4.78 is 4.69. The van der Waals surface area contributed by atoms with Crippen molar-refractivity contribution in [2.75, 3.05) is 0 Å². The molecular formula is C69H43N5. The Kier molecular flexibility index (Phi) is 9.50. The lowest BCUT2D eigenvalue weighted by molar-refractivity contribution is 0.955. The van der Waals surface area contributed by atoms with Crippen LogP contribution in [0.1, 0.15) is 0 Å². The average molecular weight is 942 g/mol. The number of hydrogen-bond acceptors (Lipinski definition) is 3. The summed E-state index contributed by atoms with van der Waals surface area (Å²) in [6, 6.07) is 93.6. The Hall–Kier alpha value is -9.97. The zero-order valence-corrected chi connectivity index (χ0v) is 40.1. The smallest absolute Gasteiger partial charge is 0.238 e. The Bertz CT molecular complexity index is 4670. The molecule has 0 unspecified atom stereocenters. The minimum Gasteiger partial charge on any atom is -0.309 e. The van der Waals surface area contributed by atoms with Gasteiger partial charge in [0.25, 0.3) is 0 Å². The van der Waals surface area contributed by atoms with Crippen molar-refractivity contribution >= 4 is 75.9 Å². The predicted molar refractivity (Wildman–Crippen MR) is 308 cm³/mol. The van der Waals surface area contributed by atoms with Crippen molar-refractivity contribution in [1.82, 2.24) is 24.1 Å². The van der Waals surface area contributed by atoms with E-state index < -0.39 is 0 Å². The fourth-order valence-corrected chi connectivity index (χ4v) is 11.5. The van der Waals surface area contributed by atoms with Crippen LogP contribution in [0.4, 0.5) is 0 Å². The number of aromatic nitrogens is 5. The topological polar surface area (TPSA) is 48.5 Å². The molecule has 0 fully saturated rings. The monoisotopic (exact) mass is 941 g/mol. The molecule has 0 saturated carbocycles. The number of benzene rings is 12. The first kappa shape index (κ1) is 41.8. The van der Waals surface area contributed by atoms with Crippen LogP contribution in [0.2, 0.25) is 0 Å². The average Bonchev–Trinajstić information content (AvgIpc) is 4.03. The lowest BCUT2D eigenvalue weighted by atomic mass is 9.92. The van der Waals surface area contributed by atoms with Gasteiger partial charge in [-0.3, -0.25) is 4.57 Å². The summed E-state index contributed by atoms with van der Waals surface area (Å²) in [4.78, 5) is 16.0. The second-order valence-corrected chi connectivity index (χ2v) is 19.1. The molecule has 15 rings (SSSR count). The van der Waals surface area contributed by atoms with Gasteiger partial charge in [-0.05, 0) is 108 Å². The van der Waals surface area contributed by atoms with Crippen LogP contribution in [0.5, 0.6) is 0 Å². The van der Waals surface area contributed by atoms with E-state index in [4.69, 9.17) is 15.0 Å². The molecule has 5 heteroatoms. The van der Waals surface area contributed by atoms with E-state index in [0.29, 0.717) is 17.6 Å². The van der Waals surface area contributed by atoms with E-state index in [1.165, 1.54) is 49.0 Å². The highest BCUT2D eigenvalue weighted by molar-refractivity contribution is 6.27. The number of para-hydroxylation sites is 2. The number of nitrogens with zero attached hydrogens (tertiary/aromatic N) is 5. The summed E-state index contributed by atoms with van der Waals surface area (Å²) in [7, 11) is 0. The van der Waals surface area contributed by atoms with Gasteiger partial charge in [-0.2, -0.15) is 9.97 Å². The van der Waals surface area contributed by atoms with Crippen molar-refractivity contribution in [2.24, 2.45) is 0 Å². The van der Waals surface area contributed by atoms with E-state index in [-0.39, 0.29) is 0 Å². The second-order valence-electron chi connectivity index (χ2n) is 19.1. The molecule has 344 valence electrons. The van der Waals surface area contributed by atoms with Gasteiger partial charge in [-0.15, -0.1) is 0 Å². The van der Waals surface area contributed by atoms with Gasteiger partial charge in [0, 0.05) is 38.4 Å². The molecule has 3 aromatic heterocycles. The lowest BCUT2D eigenvalue weighted by Crippen LogP contribution is -2.06. The van der Waals surface area contributed by atoms with Crippen LogP contribution in [0, 0.1) is 0 Å². The third-order valence-electron chi connectivity index (χ3n) is 15.0. The van der Waals surface area contributed by atoms with Gasteiger partial charge < -0.3 is 4.57 Å². The van der Waals surface area contributed by atoms with Crippen molar-refractivity contribution in [3.8, 4) is 67.8 Å². The third kappa shape index (κ3) is 6.68. The van der Waals surface area contributed by atoms with Gasteiger partial charge in [0.1, 0.15) is 0 Å². The summed E-state index contributed by atoms with van der Waals surface area (Å²) >= 11 is 0. The van der Waals surface area contributed by atoms with E-state index >= 15 is 0 Å². The fraction of sp³-hybridized carbons (Fsp3) is 0. The zero-order chi connectivity index (χ0) is 48.7. The standard InChI is InChI=1S/C69H43N5/c1-3-17-44(18-4-1)48-21-15-22-49(41-48)45-33-35-47(36-34-45)68-70-67(46-19-5-2-6-20-46)71-69(72-68)74-62-31-13-11-29-58(62)59-39-40-64-65(66(59)74)60-30-12-14-32-63(60)73(64)52-24-16-23-50(42-52)51-37-38-57-55-27-8-7-25-53(55)54-26-9-10-28-56(54)61(57)43-51/h1-43H. The lowest BCUT2D eigenvalue weighted by Gasteiger charge is -2.13. The minimum atomic E-state index is 0.558. The molecule has 0 N–H and O–H groups in total. The molecule has 5 nitrogen and oxygen atoms in total. The van der Waals surface area contributed by atoms with Gasteiger partial charge in [0.2, 0.25) is 5.95 Å². The molecule has 0 amide bonds. The van der Waals surface area contributed by atoms with Crippen molar-refractivity contribution in [3.05, 3.63) is 261 Å². The third-order valence-corrected chi connectivity index (χ3v) is 15.0. The molecule has 0 saturated heterocycles. The molecular weight excluding hydrogens is 899 g/mol. The molecule has 0 atom stereocenters. The number of hydrogen-bond donors (Lipinski definition) is 0. The molecule has 0 radical (unpaired) electrons. The summed E-state index contributed by atoms with van der Waals surface area (Å²) in [6.07, 6.45) is 0. The fourth-order valence-electron chi connectivity index (χ4n) is 11.5. The van der Waals surface area contributed by atoms with E-state index in [9.17, 15) is 0 Å². The van der Waals surface area contributed by atoms with E-state index in [0.717, 1.165) is 77.1 Å².